The van der Waals surface area contributed by atoms with Gasteiger partial charge in [0.1, 0.15) is 23.9 Å². The van der Waals surface area contributed by atoms with Crippen molar-refractivity contribution in [3.63, 3.8) is 0 Å². The molecule has 1 fully saturated rings. The molecule has 0 radical (unpaired) electrons. The zero-order valence-corrected chi connectivity index (χ0v) is 17.9. The SMILES string of the molecule is C[C@@H](NC(=O)N1CCN(S(=O)(=O)c2ccccc2F)CC1)c1ccc2c(c1)OCCO2. The van der Waals surface area contributed by atoms with E-state index in [1.165, 1.54) is 22.5 Å². The molecule has 2 amide bonds. The van der Waals surface area contributed by atoms with Crippen LogP contribution in [0.2, 0.25) is 0 Å². The van der Waals surface area contributed by atoms with E-state index in [9.17, 15) is 17.6 Å². The van der Waals surface area contributed by atoms with Crippen molar-refractivity contribution in [1.29, 1.82) is 0 Å². The maximum atomic E-state index is 14.0. The largest absolute Gasteiger partial charge is 0.486 e. The Kier molecular flexibility index (Phi) is 6.01. The van der Waals surface area contributed by atoms with Gasteiger partial charge in [0, 0.05) is 26.2 Å². The van der Waals surface area contributed by atoms with E-state index in [4.69, 9.17) is 9.47 Å². The number of benzene rings is 2. The predicted molar refractivity (Wildman–Crippen MR) is 111 cm³/mol. The second kappa shape index (κ2) is 8.72. The Balaban J connectivity index is 1.36. The number of piperazine rings is 1. The summed E-state index contributed by atoms with van der Waals surface area (Å²) in [7, 11) is -3.94. The molecule has 2 heterocycles. The van der Waals surface area contributed by atoms with Gasteiger partial charge in [-0.05, 0) is 36.8 Å². The number of carbonyl (C=O) groups excluding carboxylic acids is 1. The number of rotatable bonds is 4. The third-order valence-corrected chi connectivity index (χ3v) is 7.32. The van der Waals surface area contributed by atoms with Gasteiger partial charge in [-0.25, -0.2) is 17.6 Å². The molecule has 1 atom stereocenters. The molecule has 2 aliphatic heterocycles. The summed E-state index contributed by atoms with van der Waals surface area (Å²) in [6.07, 6.45) is 0. The first-order chi connectivity index (χ1) is 14.9. The van der Waals surface area contributed by atoms with Gasteiger partial charge >= 0.3 is 6.03 Å². The van der Waals surface area contributed by atoms with Crippen LogP contribution in [-0.2, 0) is 10.0 Å². The molecule has 4 rings (SSSR count). The number of hydrogen-bond donors (Lipinski definition) is 1. The Hall–Kier alpha value is -2.85. The van der Waals surface area contributed by atoms with Crippen molar-refractivity contribution in [3.05, 3.63) is 53.8 Å². The van der Waals surface area contributed by atoms with Gasteiger partial charge in [0.15, 0.2) is 11.5 Å². The Morgan fingerprint density at radius 3 is 2.42 bits per heavy atom. The van der Waals surface area contributed by atoms with Crippen molar-refractivity contribution < 1.29 is 27.1 Å². The monoisotopic (exact) mass is 449 g/mol. The third kappa shape index (κ3) is 4.45. The van der Waals surface area contributed by atoms with E-state index in [-0.39, 0.29) is 43.1 Å². The second-order valence-corrected chi connectivity index (χ2v) is 9.30. The quantitative estimate of drug-likeness (QED) is 0.774. The number of nitrogens with zero attached hydrogens (tertiary/aromatic N) is 2. The van der Waals surface area contributed by atoms with Gasteiger partial charge in [-0.3, -0.25) is 0 Å². The molecule has 1 N–H and O–H groups in total. The van der Waals surface area contributed by atoms with Gasteiger partial charge in [-0.15, -0.1) is 0 Å². The van der Waals surface area contributed by atoms with E-state index < -0.39 is 15.8 Å². The predicted octanol–water partition coefficient (Wildman–Crippen LogP) is 2.37. The first-order valence-corrected chi connectivity index (χ1v) is 11.5. The molecular weight excluding hydrogens is 425 g/mol. The van der Waals surface area contributed by atoms with Gasteiger partial charge in [0.25, 0.3) is 0 Å². The Morgan fingerprint density at radius 1 is 1.03 bits per heavy atom. The summed E-state index contributed by atoms with van der Waals surface area (Å²) < 4.78 is 51.7. The molecule has 2 aromatic rings. The van der Waals surface area contributed by atoms with E-state index in [0.717, 1.165) is 11.6 Å². The summed E-state index contributed by atoms with van der Waals surface area (Å²) in [6.45, 7) is 3.49. The van der Waals surface area contributed by atoms with Crippen LogP contribution < -0.4 is 14.8 Å². The van der Waals surface area contributed by atoms with Crippen molar-refractivity contribution in [3.8, 4) is 11.5 Å². The smallest absolute Gasteiger partial charge is 0.317 e. The van der Waals surface area contributed by atoms with Crippen molar-refractivity contribution in [2.45, 2.75) is 17.9 Å². The number of nitrogens with one attached hydrogen (secondary N) is 1. The Bertz CT molecular complexity index is 1070. The van der Waals surface area contributed by atoms with Crippen LogP contribution in [0.5, 0.6) is 11.5 Å². The van der Waals surface area contributed by atoms with Gasteiger partial charge in [0.2, 0.25) is 10.0 Å². The topological polar surface area (TPSA) is 88.2 Å². The molecule has 0 saturated carbocycles. The summed E-state index contributed by atoms with van der Waals surface area (Å²) in [4.78, 5) is 13.9. The molecule has 10 heteroatoms. The van der Waals surface area contributed by atoms with Crippen LogP contribution in [0.1, 0.15) is 18.5 Å². The van der Waals surface area contributed by atoms with Crippen LogP contribution in [-0.4, -0.2) is 63.0 Å². The fourth-order valence-electron chi connectivity index (χ4n) is 3.61. The van der Waals surface area contributed by atoms with Crippen LogP contribution in [0.25, 0.3) is 0 Å². The molecule has 0 unspecified atom stereocenters. The normalized spacial score (nSPS) is 17.8. The highest BCUT2D eigenvalue weighted by Gasteiger charge is 2.32. The Labute approximate surface area is 180 Å². The van der Waals surface area contributed by atoms with Crippen molar-refractivity contribution >= 4 is 16.1 Å². The van der Waals surface area contributed by atoms with E-state index in [1.54, 1.807) is 4.90 Å². The van der Waals surface area contributed by atoms with Gasteiger partial charge in [0.05, 0.1) is 6.04 Å². The number of urea groups is 1. The number of fused-ring (bicyclic) bond motifs is 1. The first-order valence-electron chi connectivity index (χ1n) is 10.1. The molecule has 2 aliphatic rings. The first kappa shape index (κ1) is 21.4. The molecule has 0 bridgehead atoms. The maximum absolute atomic E-state index is 14.0. The molecule has 0 spiro atoms. The van der Waals surface area contributed by atoms with E-state index in [2.05, 4.69) is 5.32 Å². The average molecular weight is 450 g/mol. The van der Waals surface area contributed by atoms with Crippen LogP contribution in [0.15, 0.2) is 47.4 Å². The highest BCUT2D eigenvalue weighted by molar-refractivity contribution is 7.89. The lowest BCUT2D eigenvalue weighted by molar-refractivity contribution is 0.168. The lowest BCUT2D eigenvalue weighted by Crippen LogP contribution is -2.53. The minimum Gasteiger partial charge on any atom is -0.486 e. The summed E-state index contributed by atoms with van der Waals surface area (Å²) in [5, 5.41) is 2.93. The third-order valence-electron chi connectivity index (χ3n) is 5.39. The summed E-state index contributed by atoms with van der Waals surface area (Å²) in [6, 6.07) is 10.3. The van der Waals surface area contributed by atoms with Crippen LogP contribution in [0.4, 0.5) is 9.18 Å². The molecule has 0 aliphatic carbocycles. The minimum absolute atomic E-state index is 0.0997. The van der Waals surface area contributed by atoms with Gasteiger partial charge in [-0.1, -0.05) is 18.2 Å². The Morgan fingerprint density at radius 2 is 1.71 bits per heavy atom. The molecule has 31 heavy (non-hydrogen) atoms. The molecule has 0 aromatic heterocycles. The highest BCUT2D eigenvalue weighted by Crippen LogP contribution is 2.32. The zero-order valence-electron chi connectivity index (χ0n) is 17.1. The fourth-order valence-corrected chi connectivity index (χ4v) is 5.10. The molecular formula is C21H24FN3O5S. The van der Waals surface area contributed by atoms with Crippen molar-refractivity contribution in [2.24, 2.45) is 0 Å². The average Bonchev–Trinajstić information content (AvgIpc) is 2.79. The van der Waals surface area contributed by atoms with Gasteiger partial charge in [-0.2, -0.15) is 4.31 Å². The van der Waals surface area contributed by atoms with E-state index in [0.29, 0.717) is 24.7 Å². The number of hydrogen-bond acceptors (Lipinski definition) is 5. The molecule has 2 aromatic carbocycles. The number of carbonyl (C=O) groups is 1. The van der Waals surface area contributed by atoms with E-state index in [1.807, 2.05) is 25.1 Å². The van der Waals surface area contributed by atoms with Crippen LogP contribution >= 0.6 is 0 Å². The summed E-state index contributed by atoms with van der Waals surface area (Å²) in [5.41, 5.74) is 0.873. The molecule has 8 nitrogen and oxygen atoms in total. The van der Waals surface area contributed by atoms with Crippen LogP contribution in [0.3, 0.4) is 0 Å². The number of halogens is 1. The van der Waals surface area contributed by atoms with Gasteiger partial charge < -0.3 is 19.7 Å². The fraction of sp³-hybridized carbons (Fsp3) is 0.381. The minimum atomic E-state index is -3.94. The van der Waals surface area contributed by atoms with Crippen LogP contribution in [0, 0.1) is 5.82 Å². The lowest BCUT2D eigenvalue weighted by atomic mass is 10.1. The van der Waals surface area contributed by atoms with Crippen molar-refractivity contribution in [2.75, 3.05) is 39.4 Å². The molecule has 1 saturated heterocycles. The number of ether oxygens (including phenoxy) is 2. The number of amides is 2. The molecule has 166 valence electrons. The standard InChI is InChI=1S/C21H24FN3O5S/c1-15(16-6-7-18-19(14-16)30-13-12-29-18)23-21(26)24-8-10-25(11-9-24)31(27,28)20-5-3-2-4-17(20)22/h2-7,14-15H,8-13H2,1H3,(H,23,26)/t15-/m1/s1. The lowest BCUT2D eigenvalue weighted by Gasteiger charge is -2.34. The maximum Gasteiger partial charge on any atom is 0.317 e. The highest BCUT2D eigenvalue weighted by atomic mass is 32.2. The van der Waals surface area contributed by atoms with Crippen molar-refractivity contribution in [1.82, 2.24) is 14.5 Å². The summed E-state index contributed by atoms with van der Waals surface area (Å²) >= 11 is 0. The number of sulfonamides is 1. The van der Waals surface area contributed by atoms with E-state index >= 15 is 0 Å². The zero-order chi connectivity index (χ0) is 22.0. The summed E-state index contributed by atoms with van der Waals surface area (Å²) in [5.74, 6) is 0.549. The second-order valence-electron chi connectivity index (χ2n) is 7.40.